The highest BCUT2D eigenvalue weighted by Gasteiger charge is 1.99. The molecular weight excluding hydrogens is 126 g/mol. The van der Waals surface area contributed by atoms with E-state index in [9.17, 15) is 0 Å². The van der Waals surface area contributed by atoms with Crippen molar-refractivity contribution in [2.75, 3.05) is 14.1 Å². The molecule has 0 aliphatic carbocycles. The Bertz CT molecular complexity index is 191. The minimum absolute atomic E-state index is 0.921. The van der Waals surface area contributed by atoms with Crippen LogP contribution in [0.25, 0.3) is 0 Å². The molecule has 0 fully saturated rings. The normalized spacial score (nSPS) is 20.2. The van der Waals surface area contributed by atoms with Gasteiger partial charge in [0, 0.05) is 32.7 Å². The number of aliphatic imine (C=N–C) groups is 1. The molecule has 0 unspecified atom stereocenters. The lowest BCUT2D eigenvalue weighted by molar-refractivity contribution is 0.553. The van der Waals surface area contributed by atoms with Crippen molar-refractivity contribution in [3.8, 4) is 0 Å². The summed E-state index contributed by atoms with van der Waals surface area (Å²) in [6, 6.07) is 0. The number of nitrogens with one attached hydrogen (secondary N) is 1. The summed E-state index contributed by atoms with van der Waals surface area (Å²) >= 11 is 0. The van der Waals surface area contributed by atoms with E-state index in [0.29, 0.717) is 0 Å². The molecule has 0 atom stereocenters. The Morgan fingerprint density at radius 2 is 2.50 bits per heavy atom. The van der Waals surface area contributed by atoms with Crippen LogP contribution >= 0.6 is 0 Å². The monoisotopic (exact) mass is 137 g/mol. The first-order valence-corrected chi connectivity index (χ1v) is 3.15. The quantitative estimate of drug-likeness (QED) is 0.571. The minimum Gasteiger partial charge on any atom is -0.391 e. The van der Waals surface area contributed by atoms with E-state index in [-0.39, 0.29) is 0 Å². The van der Waals surface area contributed by atoms with Gasteiger partial charge in [-0.1, -0.05) is 0 Å². The van der Waals surface area contributed by atoms with Crippen molar-refractivity contribution < 1.29 is 0 Å². The van der Waals surface area contributed by atoms with Crippen LogP contribution in [0.5, 0.6) is 0 Å². The first-order valence-electron chi connectivity index (χ1n) is 3.15. The molecule has 0 aromatic rings. The molecule has 0 aromatic carbocycles. The van der Waals surface area contributed by atoms with E-state index in [4.69, 9.17) is 0 Å². The second-order valence-corrected chi connectivity index (χ2v) is 2.02. The first kappa shape index (κ1) is 6.86. The summed E-state index contributed by atoms with van der Waals surface area (Å²) in [4.78, 5) is 6.05. The van der Waals surface area contributed by atoms with Crippen LogP contribution in [0.3, 0.4) is 0 Å². The second-order valence-electron chi connectivity index (χ2n) is 2.02. The number of hydrogen-bond donors (Lipinski definition) is 1. The summed E-state index contributed by atoms with van der Waals surface area (Å²) in [5, 5.41) is 2.92. The van der Waals surface area contributed by atoms with E-state index in [1.807, 2.05) is 37.5 Å². The van der Waals surface area contributed by atoms with Crippen molar-refractivity contribution in [3.63, 3.8) is 0 Å². The Balaban J connectivity index is 2.70. The molecule has 0 saturated carbocycles. The van der Waals surface area contributed by atoms with E-state index < -0.39 is 0 Å². The predicted molar refractivity (Wildman–Crippen MR) is 42.5 cm³/mol. The third kappa shape index (κ3) is 1.37. The van der Waals surface area contributed by atoms with Gasteiger partial charge in [-0.2, -0.15) is 0 Å². The highest BCUT2D eigenvalue weighted by molar-refractivity contribution is 5.73. The third-order valence-electron chi connectivity index (χ3n) is 1.24. The minimum atomic E-state index is 0.921. The Kier molecular flexibility index (Phi) is 2.10. The van der Waals surface area contributed by atoms with E-state index in [1.165, 1.54) is 0 Å². The second kappa shape index (κ2) is 3.06. The Labute approximate surface area is 60.7 Å². The van der Waals surface area contributed by atoms with Crippen LogP contribution in [0, 0.1) is 0 Å². The van der Waals surface area contributed by atoms with Gasteiger partial charge in [0.2, 0.25) is 0 Å². The van der Waals surface area contributed by atoms with Crippen molar-refractivity contribution >= 4 is 6.21 Å². The maximum atomic E-state index is 4.11. The molecule has 0 radical (unpaired) electrons. The zero-order valence-corrected chi connectivity index (χ0v) is 6.20. The standard InChI is InChI=1S/C7H11N3/c1-8-6-7-9-4-3-5-10(7)2/h3-6,8H,1-2H3/b7-6-. The van der Waals surface area contributed by atoms with Gasteiger partial charge in [-0.05, 0) is 6.08 Å². The molecule has 3 nitrogen and oxygen atoms in total. The van der Waals surface area contributed by atoms with E-state index in [1.54, 1.807) is 6.21 Å². The molecule has 0 bridgehead atoms. The maximum absolute atomic E-state index is 4.11. The Morgan fingerprint density at radius 1 is 1.70 bits per heavy atom. The van der Waals surface area contributed by atoms with Crippen molar-refractivity contribution in [1.82, 2.24) is 10.2 Å². The molecule has 0 saturated heterocycles. The average Bonchev–Trinajstić information content (AvgIpc) is 1.94. The number of allylic oxidation sites excluding steroid dienone is 1. The highest BCUT2D eigenvalue weighted by Crippen LogP contribution is 2.04. The van der Waals surface area contributed by atoms with Crippen LogP contribution in [0.1, 0.15) is 0 Å². The van der Waals surface area contributed by atoms with E-state index in [2.05, 4.69) is 10.3 Å². The molecule has 1 heterocycles. The number of nitrogens with zero attached hydrogens (tertiary/aromatic N) is 2. The molecule has 0 aromatic heterocycles. The van der Waals surface area contributed by atoms with Crippen LogP contribution in [0.4, 0.5) is 0 Å². The fourth-order valence-electron chi connectivity index (χ4n) is 0.723. The molecule has 3 heteroatoms. The summed E-state index contributed by atoms with van der Waals surface area (Å²) in [6.07, 6.45) is 7.46. The summed E-state index contributed by atoms with van der Waals surface area (Å²) in [6.45, 7) is 0. The van der Waals surface area contributed by atoms with Gasteiger partial charge in [-0.25, -0.2) is 4.99 Å². The fraction of sp³-hybridized carbons (Fsp3) is 0.286. The summed E-state index contributed by atoms with van der Waals surface area (Å²) < 4.78 is 0. The topological polar surface area (TPSA) is 27.6 Å². The lowest BCUT2D eigenvalue weighted by Crippen LogP contribution is -2.13. The van der Waals surface area contributed by atoms with Gasteiger partial charge in [-0.15, -0.1) is 0 Å². The van der Waals surface area contributed by atoms with Gasteiger partial charge in [0.15, 0.2) is 0 Å². The zero-order valence-electron chi connectivity index (χ0n) is 6.20. The average molecular weight is 137 g/mol. The molecule has 0 amide bonds. The number of hydrogen-bond acceptors (Lipinski definition) is 3. The maximum Gasteiger partial charge on any atom is 0.148 e. The smallest absolute Gasteiger partial charge is 0.148 e. The molecule has 1 aliphatic heterocycles. The lowest BCUT2D eigenvalue weighted by Gasteiger charge is -2.15. The van der Waals surface area contributed by atoms with Crippen molar-refractivity contribution in [3.05, 3.63) is 24.3 Å². The van der Waals surface area contributed by atoms with Crippen molar-refractivity contribution in [2.24, 2.45) is 4.99 Å². The number of rotatable bonds is 1. The largest absolute Gasteiger partial charge is 0.391 e. The van der Waals surface area contributed by atoms with Crippen LogP contribution in [-0.4, -0.2) is 25.2 Å². The van der Waals surface area contributed by atoms with Gasteiger partial charge in [-0.3, -0.25) is 0 Å². The molecule has 10 heavy (non-hydrogen) atoms. The molecule has 1 aliphatic rings. The van der Waals surface area contributed by atoms with Gasteiger partial charge in [0.1, 0.15) is 5.82 Å². The first-order chi connectivity index (χ1) is 4.84. The molecule has 1 N–H and O–H groups in total. The van der Waals surface area contributed by atoms with Crippen LogP contribution in [-0.2, 0) is 0 Å². The molecule has 0 spiro atoms. The summed E-state index contributed by atoms with van der Waals surface area (Å²) in [5.74, 6) is 0.921. The van der Waals surface area contributed by atoms with Crippen molar-refractivity contribution in [1.29, 1.82) is 0 Å². The Hall–Kier alpha value is -1.25. The summed E-state index contributed by atoms with van der Waals surface area (Å²) in [7, 11) is 3.81. The van der Waals surface area contributed by atoms with Crippen LogP contribution < -0.4 is 5.32 Å². The molecule has 54 valence electrons. The van der Waals surface area contributed by atoms with Gasteiger partial charge >= 0.3 is 0 Å². The van der Waals surface area contributed by atoms with Gasteiger partial charge in [0.25, 0.3) is 0 Å². The Morgan fingerprint density at radius 3 is 3.10 bits per heavy atom. The summed E-state index contributed by atoms with van der Waals surface area (Å²) in [5.41, 5.74) is 0. The van der Waals surface area contributed by atoms with E-state index in [0.717, 1.165) is 5.82 Å². The lowest BCUT2D eigenvalue weighted by atomic mass is 10.5. The van der Waals surface area contributed by atoms with Crippen LogP contribution in [0.2, 0.25) is 0 Å². The fourth-order valence-corrected chi connectivity index (χ4v) is 0.723. The predicted octanol–water partition coefficient (Wildman–Crippen LogP) is 0.535. The van der Waals surface area contributed by atoms with Crippen molar-refractivity contribution in [2.45, 2.75) is 0 Å². The van der Waals surface area contributed by atoms with Gasteiger partial charge in [0.05, 0.1) is 0 Å². The highest BCUT2D eigenvalue weighted by atomic mass is 15.2. The van der Waals surface area contributed by atoms with Crippen LogP contribution in [0.15, 0.2) is 29.3 Å². The van der Waals surface area contributed by atoms with E-state index >= 15 is 0 Å². The SMILES string of the molecule is CN/C=C1/N=CC=CN1C. The van der Waals surface area contributed by atoms with Gasteiger partial charge < -0.3 is 10.2 Å². The molecular formula is C7H11N3. The molecule has 1 rings (SSSR count). The third-order valence-corrected chi connectivity index (χ3v) is 1.24. The zero-order chi connectivity index (χ0) is 7.40.